The first-order valence-electron chi connectivity index (χ1n) is 8.68. The van der Waals surface area contributed by atoms with Crippen LogP contribution in [0.25, 0.3) is 5.70 Å². The van der Waals surface area contributed by atoms with Crippen LogP contribution in [0.2, 0.25) is 0 Å². The van der Waals surface area contributed by atoms with E-state index in [1.807, 2.05) is 4.90 Å². The smallest absolute Gasteiger partial charge is 0.179 e. The summed E-state index contributed by atoms with van der Waals surface area (Å²) < 4.78 is 5.58. The fraction of sp³-hybridized carbons (Fsp3) is 0.526. The minimum atomic E-state index is -1.09. The number of hydrogen-bond acceptors (Lipinski definition) is 7. The van der Waals surface area contributed by atoms with Crippen LogP contribution in [0.1, 0.15) is 42.7 Å². The highest BCUT2D eigenvalue weighted by Gasteiger charge is 2.35. The molecule has 1 saturated heterocycles. The number of aliphatic hydroxyl groups excluding tert-OH is 2. The summed E-state index contributed by atoms with van der Waals surface area (Å²) in [4.78, 5) is 18.7. The van der Waals surface area contributed by atoms with E-state index in [4.69, 9.17) is 4.74 Å². The standard InChI is InChI=1S/C19H23N3O4/c1-19(26-2)3-5-22(6-4-19)18-13-8-15(17(25)11-23)21-10-12(13)7-16(24)14(18)9-20/h8,10,17,23,25H,3-7,11H2,1-2H3. The monoisotopic (exact) mass is 357 g/mol. The molecule has 1 aromatic heterocycles. The molecule has 1 aliphatic heterocycles. The number of carbonyl (C=O) groups is 1. The van der Waals surface area contributed by atoms with Gasteiger partial charge < -0.3 is 19.8 Å². The number of Topliss-reactive ketones (excluding diaryl/α,β-unsaturated/α-hetero) is 1. The lowest BCUT2D eigenvalue weighted by atomic mass is 9.86. The first-order chi connectivity index (χ1) is 12.4. The highest BCUT2D eigenvalue weighted by atomic mass is 16.5. The number of nitriles is 1. The van der Waals surface area contributed by atoms with Crippen LogP contribution in [-0.2, 0) is 16.0 Å². The van der Waals surface area contributed by atoms with Gasteiger partial charge in [-0.05, 0) is 31.4 Å². The summed E-state index contributed by atoms with van der Waals surface area (Å²) in [7, 11) is 1.70. The summed E-state index contributed by atoms with van der Waals surface area (Å²) in [6, 6.07) is 3.74. The topological polar surface area (TPSA) is 107 Å². The molecule has 26 heavy (non-hydrogen) atoms. The van der Waals surface area contributed by atoms with Crippen molar-refractivity contribution in [2.75, 3.05) is 26.8 Å². The van der Waals surface area contributed by atoms with Crippen molar-refractivity contribution in [2.24, 2.45) is 0 Å². The Kier molecular flexibility index (Phi) is 5.10. The van der Waals surface area contributed by atoms with Crippen LogP contribution in [0.5, 0.6) is 0 Å². The van der Waals surface area contributed by atoms with E-state index in [2.05, 4.69) is 18.0 Å². The van der Waals surface area contributed by atoms with E-state index in [-0.39, 0.29) is 23.4 Å². The fourth-order valence-corrected chi connectivity index (χ4v) is 3.52. The van der Waals surface area contributed by atoms with E-state index in [1.165, 1.54) is 0 Å². The van der Waals surface area contributed by atoms with Crippen molar-refractivity contribution in [3.8, 4) is 6.07 Å². The first-order valence-corrected chi connectivity index (χ1v) is 8.68. The summed E-state index contributed by atoms with van der Waals surface area (Å²) in [5.74, 6) is -0.215. The van der Waals surface area contributed by atoms with Crippen LogP contribution in [0.4, 0.5) is 0 Å². The maximum absolute atomic E-state index is 12.5. The lowest BCUT2D eigenvalue weighted by Gasteiger charge is -2.41. The number of ether oxygens (including phenoxy) is 1. The maximum atomic E-state index is 12.5. The van der Waals surface area contributed by atoms with E-state index in [9.17, 15) is 20.3 Å². The number of piperidine rings is 1. The molecule has 0 amide bonds. The molecule has 0 spiro atoms. The average Bonchev–Trinajstić information content (AvgIpc) is 2.66. The Morgan fingerprint density at radius 1 is 1.46 bits per heavy atom. The quantitative estimate of drug-likeness (QED) is 0.827. The van der Waals surface area contributed by atoms with Gasteiger partial charge in [-0.25, -0.2) is 0 Å². The number of methoxy groups -OCH3 is 1. The number of fused-ring (bicyclic) bond motifs is 1. The number of aromatic nitrogens is 1. The summed E-state index contributed by atoms with van der Waals surface area (Å²) in [5.41, 5.74) is 2.34. The molecule has 138 valence electrons. The van der Waals surface area contributed by atoms with Crippen molar-refractivity contribution < 1.29 is 19.7 Å². The van der Waals surface area contributed by atoms with Crippen LogP contribution in [0.3, 0.4) is 0 Å². The second-order valence-corrected chi connectivity index (χ2v) is 7.04. The third-order valence-corrected chi connectivity index (χ3v) is 5.39. The molecule has 7 nitrogen and oxygen atoms in total. The van der Waals surface area contributed by atoms with Gasteiger partial charge in [0.1, 0.15) is 17.7 Å². The third-order valence-electron chi connectivity index (χ3n) is 5.39. The largest absolute Gasteiger partial charge is 0.393 e. The van der Waals surface area contributed by atoms with Crippen LogP contribution in [0, 0.1) is 11.3 Å². The number of allylic oxidation sites excluding steroid dienone is 1. The van der Waals surface area contributed by atoms with Crippen LogP contribution in [-0.4, -0.2) is 58.3 Å². The van der Waals surface area contributed by atoms with Crippen molar-refractivity contribution in [2.45, 2.75) is 37.9 Å². The molecule has 1 unspecified atom stereocenters. The average molecular weight is 357 g/mol. The summed E-state index contributed by atoms with van der Waals surface area (Å²) in [6.45, 7) is 2.95. The lowest BCUT2D eigenvalue weighted by molar-refractivity contribution is -0.114. The zero-order valence-corrected chi connectivity index (χ0v) is 15.0. The SMILES string of the molecule is COC1(C)CCN(C2=C(C#N)C(=O)Cc3cnc(C(O)CO)cc32)CC1. The molecule has 2 aliphatic rings. The number of aliphatic hydroxyl groups is 2. The molecule has 1 atom stereocenters. The number of carbonyl (C=O) groups excluding carboxylic acids is 1. The summed E-state index contributed by atoms with van der Waals surface area (Å²) in [6.07, 6.45) is 2.15. The minimum Gasteiger partial charge on any atom is -0.393 e. The Hall–Kier alpha value is -2.27. The normalized spacial score (nSPS) is 20.6. The van der Waals surface area contributed by atoms with Gasteiger partial charge in [0.2, 0.25) is 0 Å². The van der Waals surface area contributed by atoms with Crippen molar-refractivity contribution in [1.29, 1.82) is 5.26 Å². The first kappa shape index (κ1) is 18.5. The Morgan fingerprint density at radius 3 is 2.73 bits per heavy atom. The van der Waals surface area contributed by atoms with Gasteiger partial charge >= 0.3 is 0 Å². The van der Waals surface area contributed by atoms with Gasteiger partial charge in [-0.1, -0.05) is 0 Å². The van der Waals surface area contributed by atoms with Crippen molar-refractivity contribution in [1.82, 2.24) is 9.88 Å². The van der Waals surface area contributed by atoms with Gasteiger partial charge in [-0.3, -0.25) is 9.78 Å². The van der Waals surface area contributed by atoms with Crippen LogP contribution < -0.4 is 0 Å². The molecule has 7 heteroatoms. The predicted molar refractivity (Wildman–Crippen MR) is 93.7 cm³/mol. The number of nitrogens with zero attached hydrogens (tertiary/aromatic N) is 3. The molecule has 0 saturated carbocycles. The molecule has 3 rings (SSSR count). The van der Waals surface area contributed by atoms with E-state index >= 15 is 0 Å². The number of ketones is 1. The molecule has 0 bridgehead atoms. The van der Waals surface area contributed by atoms with E-state index < -0.39 is 12.7 Å². The fourth-order valence-electron chi connectivity index (χ4n) is 3.52. The predicted octanol–water partition coefficient (Wildman–Crippen LogP) is 0.968. The molecule has 1 aromatic rings. The molecular weight excluding hydrogens is 334 g/mol. The van der Waals surface area contributed by atoms with Gasteiger partial charge in [-0.15, -0.1) is 0 Å². The third kappa shape index (κ3) is 3.23. The molecule has 2 heterocycles. The van der Waals surface area contributed by atoms with Gasteiger partial charge in [0.05, 0.1) is 23.6 Å². The number of hydrogen-bond donors (Lipinski definition) is 2. The zero-order valence-electron chi connectivity index (χ0n) is 15.0. The van der Waals surface area contributed by atoms with E-state index in [0.29, 0.717) is 24.5 Å². The van der Waals surface area contributed by atoms with E-state index in [0.717, 1.165) is 24.0 Å². The molecule has 2 N–H and O–H groups in total. The van der Waals surface area contributed by atoms with Crippen molar-refractivity contribution >= 4 is 11.5 Å². The van der Waals surface area contributed by atoms with Gasteiger partial charge in [-0.2, -0.15) is 5.26 Å². The highest BCUT2D eigenvalue weighted by Crippen LogP contribution is 2.36. The lowest BCUT2D eigenvalue weighted by Crippen LogP contribution is -2.43. The Bertz CT molecular complexity index is 788. The number of rotatable bonds is 4. The molecule has 1 fully saturated rings. The molecule has 0 aromatic carbocycles. The number of likely N-dealkylation sites (tertiary alicyclic amines) is 1. The minimum absolute atomic E-state index is 0.119. The van der Waals surface area contributed by atoms with Crippen molar-refractivity contribution in [3.63, 3.8) is 0 Å². The van der Waals surface area contributed by atoms with E-state index in [1.54, 1.807) is 19.4 Å². The number of pyridine rings is 1. The van der Waals surface area contributed by atoms with Gasteiger partial charge in [0, 0.05) is 38.4 Å². The Labute approximate surface area is 152 Å². The van der Waals surface area contributed by atoms with Gasteiger partial charge in [0.25, 0.3) is 0 Å². The summed E-state index contributed by atoms with van der Waals surface area (Å²) in [5, 5.41) is 28.7. The van der Waals surface area contributed by atoms with Crippen LogP contribution >= 0.6 is 0 Å². The second kappa shape index (κ2) is 7.16. The molecule has 1 aliphatic carbocycles. The van der Waals surface area contributed by atoms with Gasteiger partial charge in [0.15, 0.2) is 5.78 Å². The summed E-state index contributed by atoms with van der Waals surface area (Å²) >= 11 is 0. The second-order valence-electron chi connectivity index (χ2n) is 7.04. The molecular formula is C19H23N3O4. The highest BCUT2D eigenvalue weighted by molar-refractivity contribution is 6.09. The Morgan fingerprint density at radius 2 is 2.15 bits per heavy atom. The Balaban J connectivity index is 2.04. The maximum Gasteiger partial charge on any atom is 0.179 e. The molecule has 0 radical (unpaired) electrons. The zero-order chi connectivity index (χ0) is 18.9. The van der Waals surface area contributed by atoms with Crippen LogP contribution in [0.15, 0.2) is 17.8 Å². The van der Waals surface area contributed by atoms with Crippen molar-refractivity contribution in [3.05, 3.63) is 34.7 Å².